The van der Waals surface area contributed by atoms with Crippen LogP contribution in [0.3, 0.4) is 0 Å². The van der Waals surface area contributed by atoms with Gasteiger partial charge in [-0.1, -0.05) is 12.1 Å². The van der Waals surface area contributed by atoms with Crippen LogP contribution in [0, 0.1) is 0 Å². The summed E-state index contributed by atoms with van der Waals surface area (Å²) in [6, 6.07) is 7.52. The zero-order chi connectivity index (χ0) is 13.8. The molecule has 2 aliphatic heterocycles. The van der Waals surface area contributed by atoms with Crippen molar-refractivity contribution in [1.82, 2.24) is 5.32 Å². The molecule has 3 rings (SSSR count). The van der Waals surface area contributed by atoms with Crippen molar-refractivity contribution in [3.8, 4) is 0 Å². The second kappa shape index (κ2) is 6.58. The van der Waals surface area contributed by atoms with Gasteiger partial charge in [-0.05, 0) is 12.1 Å². The van der Waals surface area contributed by atoms with Gasteiger partial charge >= 0.3 is 0 Å². The van der Waals surface area contributed by atoms with Crippen LogP contribution in [0.15, 0.2) is 24.3 Å². The number of ether oxygens (including phenoxy) is 2. The van der Waals surface area contributed by atoms with Gasteiger partial charge in [-0.25, -0.2) is 0 Å². The minimum absolute atomic E-state index is 0.0163. The number of nitrogens with one attached hydrogen (secondary N) is 2. The van der Waals surface area contributed by atoms with Gasteiger partial charge in [0, 0.05) is 29.3 Å². The maximum atomic E-state index is 12.2. The second-order valence-electron chi connectivity index (χ2n) is 4.77. The predicted octanol–water partition coefficient (Wildman–Crippen LogP) is 1.38. The van der Waals surface area contributed by atoms with Crippen molar-refractivity contribution in [3.05, 3.63) is 29.8 Å². The van der Waals surface area contributed by atoms with Gasteiger partial charge in [0.2, 0.25) is 5.91 Å². The molecule has 6 heteroatoms. The molecule has 20 heavy (non-hydrogen) atoms. The highest BCUT2D eigenvalue weighted by Crippen LogP contribution is 2.25. The number of benzene rings is 1. The fraction of sp³-hybridized carbons (Fsp3) is 0.500. The minimum atomic E-state index is -0.310. The van der Waals surface area contributed by atoms with E-state index in [4.69, 9.17) is 9.47 Å². The molecule has 2 saturated heterocycles. The Morgan fingerprint density at radius 1 is 1.35 bits per heavy atom. The van der Waals surface area contributed by atoms with E-state index in [0.717, 1.165) is 29.3 Å². The highest BCUT2D eigenvalue weighted by Gasteiger charge is 2.22. The number of carbonyl (C=O) groups is 1. The highest BCUT2D eigenvalue weighted by atomic mass is 32.2. The molecule has 0 radical (unpaired) electrons. The third-order valence-corrected chi connectivity index (χ3v) is 4.35. The number of thioether (sulfide) groups is 1. The molecule has 0 aromatic heterocycles. The van der Waals surface area contributed by atoms with E-state index in [9.17, 15) is 4.79 Å². The third kappa shape index (κ3) is 3.32. The average Bonchev–Trinajstić information content (AvgIpc) is 3.03. The fourth-order valence-electron chi connectivity index (χ4n) is 2.28. The van der Waals surface area contributed by atoms with Crippen LogP contribution in [0.1, 0.15) is 11.9 Å². The zero-order valence-electron chi connectivity index (χ0n) is 11.1. The van der Waals surface area contributed by atoms with Crippen LogP contribution < -0.4 is 10.6 Å². The summed E-state index contributed by atoms with van der Waals surface area (Å²) < 4.78 is 10.9. The minimum Gasteiger partial charge on any atom is -0.346 e. The molecule has 2 heterocycles. The number of rotatable bonds is 3. The first-order valence-electron chi connectivity index (χ1n) is 6.78. The number of amides is 1. The average molecular weight is 294 g/mol. The molecule has 1 amide bonds. The molecule has 0 bridgehead atoms. The molecule has 108 valence electrons. The van der Waals surface area contributed by atoms with Gasteiger partial charge in [-0.3, -0.25) is 4.79 Å². The van der Waals surface area contributed by atoms with Crippen LogP contribution in [0.2, 0.25) is 0 Å². The van der Waals surface area contributed by atoms with Crippen molar-refractivity contribution in [2.45, 2.75) is 12.3 Å². The first-order valence-corrected chi connectivity index (χ1v) is 7.93. The van der Waals surface area contributed by atoms with E-state index in [1.54, 1.807) is 11.8 Å². The maximum absolute atomic E-state index is 12.2. The van der Waals surface area contributed by atoms with Crippen LogP contribution >= 0.6 is 11.8 Å². The molecular weight excluding hydrogens is 276 g/mol. The molecule has 2 N–H and O–H groups in total. The first kappa shape index (κ1) is 13.9. The Morgan fingerprint density at radius 2 is 2.20 bits per heavy atom. The van der Waals surface area contributed by atoms with Gasteiger partial charge in [-0.2, -0.15) is 11.8 Å². The zero-order valence-corrected chi connectivity index (χ0v) is 11.9. The Bertz CT molecular complexity index is 471. The van der Waals surface area contributed by atoms with E-state index >= 15 is 0 Å². The van der Waals surface area contributed by atoms with E-state index in [1.165, 1.54) is 0 Å². The molecule has 1 unspecified atom stereocenters. The van der Waals surface area contributed by atoms with Crippen molar-refractivity contribution in [2.24, 2.45) is 0 Å². The van der Waals surface area contributed by atoms with Crippen molar-refractivity contribution in [3.63, 3.8) is 0 Å². The Hall–Kier alpha value is -1.08. The van der Waals surface area contributed by atoms with Gasteiger partial charge in [0.25, 0.3) is 0 Å². The molecule has 2 fully saturated rings. The van der Waals surface area contributed by atoms with Crippen LogP contribution in [0.25, 0.3) is 0 Å². The molecule has 1 atom stereocenters. The summed E-state index contributed by atoms with van der Waals surface area (Å²) in [6.45, 7) is 2.11. The molecule has 5 nitrogen and oxygen atoms in total. The molecule has 2 aliphatic rings. The summed E-state index contributed by atoms with van der Waals surface area (Å²) in [5.74, 6) is 1.90. The molecule has 0 aliphatic carbocycles. The van der Waals surface area contributed by atoms with E-state index in [2.05, 4.69) is 10.6 Å². The number of carbonyl (C=O) groups excluding carboxylic acids is 1. The summed E-state index contributed by atoms with van der Waals surface area (Å²) >= 11 is 1.80. The lowest BCUT2D eigenvalue weighted by Crippen LogP contribution is -2.46. The Labute approximate surface area is 122 Å². The number of anilines is 1. The van der Waals surface area contributed by atoms with E-state index in [-0.39, 0.29) is 18.2 Å². The largest absolute Gasteiger partial charge is 0.346 e. The Kier molecular flexibility index (Phi) is 4.57. The standard InChI is InChI=1S/C14H18N2O3S/c17-13(12-9-20-7-4-15-12)16-11-3-1-2-10(8-11)14-18-5-6-19-14/h1-3,8,12,14-15H,4-7,9H2,(H,16,17). The van der Waals surface area contributed by atoms with E-state index in [0.29, 0.717) is 13.2 Å². The van der Waals surface area contributed by atoms with Crippen molar-refractivity contribution < 1.29 is 14.3 Å². The highest BCUT2D eigenvalue weighted by molar-refractivity contribution is 7.99. The van der Waals surface area contributed by atoms with Gasteiger partial charge in [0.15, 0.2) is 6.29 Å². The van der Waals surface area contributed by atoms with Crippen molar-refractivity contribution in [1.29, 1.82) is 0 Å². The summed E-state index contributed by atoms with van der Waals surface area (Å²) in [5, 5.41) is 6.18. The topological polar surface area (TPSA) is 59.6 Å². The lowest BCUT2D eigenvalue weighted by atomic mass is 10.2. The lowest BCUT2D eigenvalue weighted by molar-refractivity contribution is -0.117. The van der Waals surface area contributed by atoms with Gasteiger partial charge < -0.3 is 20.1 Å². The molecule has 0 spiro atoms. The summed E-state index contributed by atoms with van der Waals surface area (Å²) in [7, 11) is 0. The molecule has 1 aromatic rings. The maximum Gasteiger partial charge on any atom is 0.242 e. The van der Waals surface area contributed by atoms with Crippen LogP contribution in [-0.4, -0.2) is 43.2 Å². The fourth-order valence-corrected chi connectivity index (χ4v) is 3.21. The molecule has 1 aromatic carbocycles. The lowest BCUT2D eigenvalue weighted by Gasteiger charge is -2.22. The monoisotopic (exact) mass is 294 g/mol. The summed E-state index contributed by atoms with van der Waals surface area (Å²) in [5.41, 5.74) is 1.72. The predicted molar refractivity (Wildman–Crippen MR) is 78.8 cm³/mol. The van der Waals surface area contributed by atoms with Crippen molar-refractivity contribution in [2.75, 3.05) is 36.6 Å². The summed E-state index contributed by atoms with van der Waals surface area (Å²) in [4.78, 5) is 12.2. The SMILES string of the molecule is O=C(Nc1cccc(C2OCCO2)c1)C1CSCCN1. The van der Waals surface area contributed by atoms with Gasteiger partial charge in [0.05, 0.1) is 19.3 Å². The number of hydrogen-bond donors (Lipinski definition) is 2. The number of hydrogen-bond acceptors (Lipinski definition) is 5. The second-order valence-corrected chi connectivity index (χ2v) is 5.92. The van der Waals surface area contributed by atoms with Crippen LogP contribution in [0.5, 0.6) is 0 Å². The van der Waals surface area contributed by atoms with Gasteiger partial charge in [-0.15, -0.1) is 0 Å². The third-order valence-electron chi connectivity index (χ3n) is 3.29. The Morgan fingerprint density at radius 3 is 2.95 bits per heavy atom. The van der Waals surface area contributed by atoms with E-state index in [1.807, 2.05) is 24.3 Å². The van der Waals surface area contributed by atoms with Crippen molar-refractivity contribution >= 4 is 23.4 Å². The van der Waals surface area contributed by atoms with Crippen LogP contribution in [0.4, 0.5) is 5.69 Å². The first-order chi connectivity index (χ1) is 9.83. The van der Waals surface area contributed by atoms with E-state index < -0.39 is 0 Å². The Balaban J connectivity index is 1.64. The molecular formula is C14H18N2O3S. The van der Waals surface area contributed by atoms with Crippen LogP contribution in [-0.2, 0) is 14.3 Å². The quantitative estimate of drug-likeness (QED) is 0.882. The molecule has 0 saturated carbocycles. The van der Waals surface area contributed by atoms with Gasteiger partial charge in [0.1, 0.15) is 0 Å². The normalized spacial score (nSPS) is 23.7. The summed E-state index contributed by atoms with van der Waals surface area (Å²) in [6.07, 6.45) is -0.310. The smallest absolute Gasteiger partial charge is 0.242 e.